The highest BCUT2D eigenvalue weighted by Gasteiger charge is 2.23. The summed E-state index contributed by atoms with van der Waals surface area (Å²) >= 11 is 0. The number of anilines is 1. The molecule has 8 heteroatoms. The summed E-state index contributed by atoms with van der Waals surface area (Å²) in [5.41, 5.74) is 1.72. The zero-order valence-electron chi connectivity index (χ0n) is 15.1. The molecule has 1 saturated heterocycles. The number of ether oxygens (including phenoxy) is 1. The van der Waals surface area contributed by atoms with Gasteiger partial charge >= 0.3 is 0 Å². The number of aromatic nitrogens is 4. The molecule has 3 heterocycles. The molecule has 0 atom stereocenters. The van der Waals surface area contributed by atoms with Crippen molar-refractivity contribution < 1.29 is 9.53 Å². The van der Waals surface area contributed by atoms with Crippen LogP contribution in [0.4, 0.5) is 5.95 Å². The van der Waals surface area contributed by atoms with E-state index >= 15 is 0 Å². The number of carbonyl (C=O) groups is 1. The average molecular weight is 354 g/mol. The Kier molecular flexibility index (Phi) is 4.42. The molecule has 8 nitrogen and oxygen atoms in total. The Balaban J connectivity index is 1.71. The summed E-state index contributed by atoms with van der Waals surface area (Å²) in [7, 11) is 1.55. The zero-order valence-corrected chi connectivity index (χ0v) is 15.1. The molecule has 4 rings (SSSR count). The molecule has 0 aliphatic carbocycles. The molecule has 3 aromatic rings. The number of hydrogen-bond acceptors (Lipinski definition) is 6. The highest BCUT2D eigenvalue weighted by Crippen LogP contribution is 2.24. The Morgan fingerprint density at radius 3 is 2.85 bits per heavy atom. The first-order chi connectivity index (χ1) is 12.7. The van der Waals surface area contributed by atoms with Gasteiger partial charge in [-0.2, -0.15) is 0 Å². The highest BCUT2D eigenvalue weighted by atomic mass is 16.5. The smallest absolute Gasteiger partial charge is 0.248 e. The first-order valence-corrected chi connectivity index (χ1v) is 8.81. The van der Waals surface area contributed by atoms with E-state index in [0.717, 1.165) is 47.8 Å². The monoisotopic (exact) mass is 354 g/mol. The van der Waals surface area contributed by atoms with Crippen molar-refractivity contribution in [3.05, 3.63) is 30.1 Å². The van der Waals surface area contributed by atoms with E-state index in [0.29, 0.717) is 13.1 Å². The quantitative estimate of drug-likeness (QED) is 0.705. The standard InChI is InChI=1S/C18H22N6O2/c1-13-20-21-17-14-6-3-4-7-15(14)19-18(24(13)17)23-9-5-8-22(10-11-23)16(25)12-26-2/h3-4,6-7H,5,8-12H2,1-2H3. The van der Waals surface area contributed by atoms with Crippen molar-refractivity contribution in [3.63, 3.8) is 0 Å². The number of aryl methyl sites for hydroxylation is 1. The average Bonchev–Trinajstić information content (AvgIpc) is 2.89. The lowest BCUT2D eigenvalue weighted by Gasteiger charge is -2.24. The minimum absolute atomic E-state index is 0.0337. The van der Waals surface area contributed by atoms with E-state index in [4.69, 9.17) is 9.72 Å². The van der Waals surface area contributed by atoms with Crippen molar-refractivity contribution in [3.8, 4) is 0 Å². The summed E-state index contributed by atoms with van der Waals surface area (Å²) in [6, 6.07) is 7.98. The third-order valence-corrected chi connectivity index (χ3v) is 4.79. The van der Waals surface area contributed by atoms with Crippen molar-refractivity contribution in [2.75, 3.05) is 44.8 Å². The molecule has 2 aromatic heterocycles. The van der Waals surface area contributed by atoms with E-state index in [2.05, 4.69) is 15.1 Å². The molecular weight excluding hydrogens is 332 g/mol. The number of benzene rings is 1. The molecule has 0 bridgehead atoms. The molecule has 0 unspecified atom stereocenters. The molecule has 1 amide bonds. The van der Waals surface area contributed by atoms with E-state index in [1.54, 1.807) is 7.11 Å². The van der Waals surface area contributed by atoms with Crippen molar-refractivity contribution in [1.29, 1.82) is 0 Å². The second-order valence-electron chi connectivity index (χ2n) is 6.49. The Bertz CT molecular complexity index is 953. The Morgan fingerprint density at radius 1 is 1.15 bits per heavy atom. The van der Waals surface area contributed by atoms with Crippen molar-refractivity contribution in [2.24, 2.45) is 0 Å². The normalized spacial score (nSPS) is 15.6. The minimum atomic E-state index is 0.0337. The maximum atomic E-state index is 12.1. The number of hydrogen-bond donors (Lipinski definition) is 0. The van der Waals surface area contributed by atoms with Crippen LogP contribution in [0.2, 0.25) is 0 Å². The van der Waals surface area contributed by atoms with Crippen LogP contribution in [0.3, 0.4) is 0 Å². The fourth-order valence-corrected chi connectivity index (χ4v) is 3.49. The predicted molar refractivity (Wildman–Crippen MR) is 98.3 cm³/mol. The molecule has 1 fully saturated rings. The summed E-state index contributed by atoms with van der Waals surface area (Å²) in [4.78, 5) is 21.1. The van der Waals surface area contributed by atoms with E-state index < -0.39 is 0 Å². The number of carbonyl (C=O) groups excluding carboxylic acids is 1. The van der Waals surface area contributed by atoms with Crippen LogP contribution in [-0.4, -0.2) is 70.3 Å². The number of para-hydroxylation sites is 1. The fraction of sp³-hybridized carbons (Fsp3) is 0.444. The third-order valence-electron chi connectivity index (χ3n) is 4.79. The lowest BCUT2D eigenvalue weighted by molar-refractivity contribution is -0.134. The molecule has 0 spiro atoms. The molecule has 26 heavy (non-hydrogen) atoms. The first-order valence-electron chi connectivity index (χ1n) is 8.81. The van der Waals surface area contributed by atoms with Crippen LogP contribution in [0.1, 0.15) is 12.2 Å². The number of rotatable bonds is 3. The first kappa shape index (κ1) is 16.7. The van der Waals surface area contributed by atoms with Crippen LogP contribution in [-0.2, 0) is 9.53 Å². The highest BCUT2D eigenvalue weighted by molar-refractivity contribution is 5.92. The van der Waals surface area contributed by atoms with Gasteiger partial charge in [0.05, 0.1) is 5.52 Å². The summed E-state index contributed by atoms with van der Waals surface area (Å²) < 4.78 is 6.99. The lowest BCUT2D eigenvalue weighted by atomic mass is 10.2. The molecule has 0 saturated carbocycles. The van der Waals surface area contributed by atoms with Crippen LogP contribution < -0.4 is 4.90 Å². The van der Waals surface area contributed by atoms with Gasteiger partial charge in [0.15, 0.2) is 5.65 Å². The maximum Gasteiger partial charge on any atom is 0.248 e. The van der Waals surface area contributed by atoms with E-state index in [1.807, 2.05) is 40.5 Å². The van der Waals surface area contributed by atoms with Gasteiger partial charge in [0, 0.05) is 38.7 Å². The fourth-order valence-electron chi connectivity index (χ4n) is 3.49. The molecule has 0 radical (unpaired) electrons. The van der Waals surface area contributed by atoms with Gasteiger partial charge < -0.3 is 14.5 Å². The largest absolute Gasteiger partial charge is 0.375 e. The number of methoxy groups -OCH3 is 1. The third kappa shape index (κ3) is 2.86. The van der Waals surface area contributed by atoms with Gasteiger partial charge in [0.2, 0.25) is 11.9 Å². The van der Waals surface area contributed by atoms with Gasteiger partial charge in [0.1, 0.15) is 12.4 Å². The number of amides is 1. The lowest BCUT2D eigenvalue weighted by Crippen LogP contribution is -2.37. The van der Waals surface area contributed by atoms with E-state index in [-0.39, 0.29) is 12.5 Å². The number of fused-ring (bicyclic) bond motifs is 3. The van der Waals surface area contributed by atoms with Crippen LogP contribution in [0.25, 0.3) is 16.6 Å². The second kappa shape index (κ2) is 6.87. The Morgan fingerprint density at radius 2 is 2.00 bits per heavy atom. The zero-order chi connectivity index (χ0) is 18.1. The molecule has 1 aliphatic heterocycles. The van der Waals surface area contributed by atoms with Gasteiger partial charge in [-0.15, -0.1) is 10.2 Å². The summed E-state index contributed by atoms with van der Waals surface area (Å²) in [6.45, 7) is 4.99. The summed E-state index contributed by atoms with van der Waals surface area (Å²) in [6.07, 6.45) is 0.882. The SMILES string of the molecule is COCC(=O)N1CCCN(c2nc3ccccc3c3nnc(C)n23)CC1. The van der Waals surface area contributed by atoms with E-state index in [1.165, 1.54) is 0 Å². The molecule has 136 valence electrons. The Hall–Kier alpha value is -2.74. The molecule has 1 aliphatic rings. The van der Waals surface area contributed by atoms with Crippen LogP contribution in [0, 0.1) is 6.92 Å². The van der Waals surface area contributed by atoms with Gasteiger partial charge in [-0.25, -0.2) is 9.38 Å². The Labute approximate surface area is 151 Å². The van der Waals surface area contributed by atoms with Crippen LogP contribution in [0.5, 0.6) is 0 Å². The van der Waals surface area contributed by atoms with Gasteiger partial charge in [-0.1, -0.05) is 12.1 Å². The topological polar surface area (TPSA) is 75.9 Å². The maximum absolute atomic E-state index is 12.1. The van der Waals surface area contributed by atoms with Crippen molar-refractivity contribution >= 4 is 28.4 Å². The molecule has 1 aromatic carbocycles. The molecule has 0 N–H and O–H groups in total. The van der Waals surface area contributed by atoms with Crippen molar-refractivity contribution in [1.82, 2.24) is 24.5 Å². The van der Waals surface area contributed by atoms with Gasteiger partial charge in [0.25, 0.3) is 0 Å². The molecular formula is C18H22N6O2. The number of nitrogens with zero attached hydrogens (tertiary/aromatic N) is 6. The van der Waals surface area contributed by atoms with Gasteiger partial charge in [-0.3, -0.25) is 4.79 Å². The predicted octanol–water partition coefficient (Wildman–Crippen LogP) is 1.27. The van der Waals surface area contributed by atoms with Crippen molar-refractivity contribution in [2.45, 2.75) is 13.3 Å². The summed E-state index contributed by atoms with van der Waals surface area (Å²) in [5.74, 6) is 1.68. The van der Waals surface area contributed by atoms with Gasteiger partial charge in [-0.05, 0) is 25.5 Å². The van der Waals surface area contributed by atoms with E-state index in [9.17, 15) is 4.79 Å². The minimum Gasteiger partial charge on any atom is -0.375 e. The van der Waals surface area contributed by atoms with Crippen LogP contribution >= 0.6 is 0 Å². The second-order valence-corrected chi connectivity index (χ2v) is 6.49. The van der Waals surface area contributed by atoms with Crippen LogP contribution in [0.15, 0.2) is 24.3 Å². The summed E-state index contributed by atoms with van der Waals surface area (Å²) in [5, 5.41) is 9.61.